The van der Waals surface area contributed by atoms with Crippen molar-refractivity contribution in [3.63, 3.8) is 0 Å². The van der Waals surface area contributed by atoms with E-state index in [0.717, 1.165) is 45.2 Å². The average molecular weight is 704 g/mol. The van der Waals surface area contributed by atoms with Crippen LogP contribution in [0.4, 0.5) is 0 Å². The monoisotopic (exact) mass is 703 g/mol. The lowest BCUT2D eigenvalue weighted by molar-refractivity contribution is -0.248. The van der Waals surface area contributed by atoms with Gasteiger partial charge >= 0.3 is 11.9 Å². The number of ether oxygens (including phenoxy) is 4. The van der Waals surface area contributed by atoms with Crippen molar-refractivity contribution < 1.29 is 43.9 Å². The molecule has 5 saturated carbocycles. The maximum atomic E-state index is 12.6. The molecular weight excluding hydrogens is 638 g/mol. The second kappa shape index (κ2) is 12.4. The molecule has 2 spiro atoms. The Kier molecular flexibility index (Phi) is 9.16. The fourth-order valence-electron chi connectivity index (χ4n) is 14.2. The van der Waals surface area contributed by atoms with Crippen molar-refractivity contribution in [1.82, 2.24) is 4.90 Å². The standard InChI is InChI=1S/C40H65NO9/c1-23-20-25(34(36(5,6)46)48-24(2)42)49-32-31(23)37(7)15-16-40-22-39(40)14-13-28(50-30-21-41(18-19-47-30)17-9-10-29(43)44)35(3,4)26(39)11-12-27(40)38(37,8)33(32)45/h23,25-28,30-34,45-46H,9-22H2,1-8H3,(H,43,44)/t23-,25?,26+,27?,28+,30+,31+,32?,33+,34+,37-,38-,39-,40?/m1/s1. The van der Waals surface area contributed by atoms with E-state index in [1.54, 1.807) is 13.8 Å². The summed E-state index contributed by atoms with van der Waals surface area (Å²) in [6, 6.07) is 0. The van der Waals surface area contributed by atoms with Crippen LogP contribution in [0.1, 0.15) is 120 Å². The number of carboxylic acid groups (broad SMARTS) is 1. The summed E-state index contributed by atoms with van der Waals surface area (Å²) >= 11 is 0. The largest absolute Gasteiger partial charge is 0.481 e. The van der Waals surface area contributed by atoms with E-state index < -0.39 is 35.9 Å². The van der Waals surface area contributed by atoms with Gasteiger partial charge in [0.2, 0.25) is 0 Å². The molecule has 7 rings (SSSR count). The number of carbonyl (C=O) groups excluding carboxylic acids is 1. The van der Waals surface area contributed by atoms with Crippen LogP contribution in [0, 0.1) is 50.7 Å². The average Bonchev–Trinajstić information content (AvgIpc) is 3.65. The molecule has 0 aromatic rings. The number of aliphatic hydroxyl groups excluding tert-OH is 1. The number of aliphatic carboxylic acids is 1. The van der Waals surface area contributed by atoms with E-state index in [0.29, 0.717) is 37.8 Å². The molecular formula is C40H65NO9. The molecule has 10 nitrogen and oxygen atoms in total. The molecule has 0 radical (unpaired) electrons. The van der Waals surface area contributed by atoms with Gasteiger partial charge in [-0.1, -0.05) is 34.6 Å². The minimum absolute atomic E-state index is 0.0146. The van der Waals surface area contributed by atoms with Gasteiger partial charge in [-0.25, -0.2) is 0 Å². The van der Waals surface area contributed by atoms with Crippen LogP contribution in [-0.2, 0) is 28.5 Å². The molecule has 2 aliphatic heterocycles. The molecule has 50 heavy (non-hydrogen) atoms. The summed E-state index contributed by atoms with van der Waals surface area (Å²) < 4.78 is 25.5. The van der Waals surface area contributed by atoms with E-state index in [4.69, 9.17) is 24.1 Å². The molecule has 0 aromatic carbocycles. The Bertz CT molecular complexity index is 1330. The first kappa shape index (κ1) is 37.0. The van der Waals surface area contributed by atoms with E-state index in [-0.39, 0.29) is 63.8 Å². The van der Waals surface area contributed by atoms with Gasteiger partial charge in [-0.05, 0) is 124 Å². The predicted molar refractivity (Wildman–Crippen MR) is 186 cm³/mol. The quantitative estimate of drug-likeness (QED) is 0.268. The zero-order valence-corrected chi connectivity index (χ0v) is 31.9. The number of rotatable bonds is 9. The summed E-state index contributed by atoms with van der Waals surface area (Å²) in [5.41, 5.74) is -1.18. The number of esters is 1. The normalized spacial score (nSPS) is 48.6. The molecule has 0 aromatic heterocycles. The first-order valence-corrected chi connectivity index (χ1v) is 19.8. The van der Waals surface area contributed by atoms with Crippen molar-refractivity contribution in [2.24, 2.45) is 50.7 Å². The zero-order chi connectivity index (χ0) is 36.2. The van der Waals surface area contributed by atoms with E-state index in [2.05, 4.69) is 39.5 Å². The lowest BCUT2D eigenvalue weighted by Crippen LogP contribution is -2.60. The van der Waals surface area contributed by atoms with Gasteiger partial charge in [0.25, 0.3) is 0 Å². The minimum atomic E-state index is -1.27. The summed E-state index contributed by atoms with van der Waals surface area (Å²) in [6.45, 7) is 19.5. The third kappa shape index (κ3) is 5.38. The summed E-state index contributed by atoms with van der Waals surface area (Å²) in [6.07, 6.45) is 6.97. The number of morpholine rings is 1. The van der Waals surface area contributed by atoms with E-state index in [9.17, 15) is 19.8 Å². The molecule has 10 heteroatoms. The van der Waals surface area contributed by atoms with E-state index >= 15 is 0 Å². The number of hydrogen-bond donors (Lipinski definition) is 3. The highest BCUT2D eigenvalue weighted by molar-refractivity contribution is 5.66. The Morgan fingerprint density at radius 2 is 1.74 bits per heavy atom. The van der Waals surface area contributed by atoms with Crippen LogP contribution in [0.25, 0.3) is 0 Å². The lowest BCUT2D eigenvalue weighted by atomic mass is 9.41. The maximum Gasteiger partial charge on any atom is 0.303 e. The van der Waals surface area contributed by atoms with Gasteiger partial charge in [0.05, 0.1) is 36.6 Å². The Hall–Kier alpha value is -1.30. The van der Waals surface area contributed by atoms with Crippen LogP contribution in [0.3, 0.4) is 0 Å². The maximum absolute atomic E-state index is 12.6. The highest BCUT2D eigenvalue weighted by Crippen LogP contribution is 2.89. The number of aliphatic hydroxyl groups is 2. The Morgan fingerprint density at radius 1 is 1.04 bits per heavy atom. The molecule has 284 valence electrons. The predicted octanol–water partition coefficient (Wildman–Crippen LogP) is 5.41. The molecule has 4 unspecified atom stereocenters. The van der Waals surface area contributed by atoms with Crippen molar-refractivity contribution in [1.29, 1.82) is 0 Å². The first-order valence-electron chi connectivity index (χ1n) is 19.8. The summed E-state index contributed by atoms with van der Waals surface area (Å²) in [4.78, 5) is 25.4. The minimum Gasteiger partial charge on any atom is -0.481 e. The van der Waals surface area contributed by atoms with Crippen LogP contribution in [0.5, 0.6) is 0 Å². The third-order valence-electron chi connectivity index (χ3n) is 16.4. The molecule has 7 aliphatic rings. The van der Waals surface area contributed by atoms with Crippen molar-refractivity contribution in [3.05, 3.63) is 0 Å². The number of nitrogens with zero attached hydrogens (tertiary/aromatic N) is 1. The Balaban J connectivity index is 1.09. The zero-order valence-electron chi connectivity index (χ0n) is 31.9. The topological polar surface area (TPSA) is 135 Å². The third-order valence-corrected chi connectivity index (χ3v) is 16.4. The van der Waals surface area contributed by atoms with Gasteiger partial charge in [-0.3, -0.25) is 14.5 Å². The number of carbonyl (C=O) groups is 2. The van der Waals surface area contributed by atoms with Crippen molar-refractivity contribution >= 4 is 11.9 Å². The molecule has 5 aliphatic carbocycles. The summed E-state index contributed by atoms with van der Waals surface area (Å²) in [5.74, 6) is 0.223. The van der Waals surface area contributed by atoms with Gasteiger partial charge in [0.1, 0.15) is 0 Å². The molecule has 2 saturated heterocycles. The lowest BCUT2D eigenvalue weighted by Gasteiger charge is -2.64. The van der Waals surface area contributed by atoms with Gasteiger partial charge < -0.3 is 34.3 Å². The van der Waals surface area contributed by atoms with E-state index in [1.165, 1.54) is 19.8 Å². The van der Waals surface area contributed by atoms with Gasteiger partial charge in [0, 0.05) is 31.8 Å². The van der Waals surface area contributed by atoms with E-state index in [1.807, 2.05) is 0 Å². The van der Waals surface area contributed by atoms with Crippen LogP contribution < -0.4 is 0 Å². The second-order valence-corrected chi connectivity index (χ2v) is 19.5. The van der Waals surface area contributed by atoms with Crippen LogP contribution in [0.15, 0.2) is 0 Å². The fourth-order valence-corrected chi connectivity index (χ4v) is 14.2. The van der Waals surface area contributed by atoms with Gasteiger partial charge in [-0.15, -0.1) is 0 Å². The Morgan fingerprint density at radius 3 is 2.42 bits per heavy atom. The summed E-state index contributed by atoms with van der Waals surface area (Å²) in [7, 11) is 0. The van der Waals surface area contributed by atoms with Crippen LogP contribution >= 0.6 is 0 Å². The van der Waals surface area contributed by atoms with Crippen molar-refractivity contribution in [3.8, 4) is 0 Å². The smallest absolute Gasteiger partial charge is 0.303 e. The van der Waals surface area contributed by atoms with Crippen molar-refractivity contribution in [2.75, 3.05) is 26.2 Å². The molecule has 7 fully saturated rings. The second-order valence-electron chi connectivity index (χ2n) is 19.5. The highest BCUT2D eigenvalue weighted by Gasteiger charge is 2.84. The van der Waals surface area contributed by atoms with Crippen molar-refractivity contribution in [2.45, 2.75) is 162 Å². The number of carboxylic acids is 1. The molecule has 2 heterocycles. The SMILES string of the molecule is CC(=O)O[C@@H](C1C[C@@H](C)[C@H]2C(O1)[C@H](O)[C@@]1(C)C3CC[C@H]4C(C)(C)[C@@H](O[C@H]5CN(CCCC(=O)O)CCO5)CC[C@@]45CC35CC[C@]21C)C(C)(C)O. The number of fused-ring (bicyclic) bond motifs is 4. The fraction of sp³-hybridized carbons (Fsp3) is 0.950. The highest BCUT2D eigenvalue weighted by atomic mass is 16.7. The summed E-state index contributed by atoms with van der Waals surface area (Å²) in [5, 5.41) is 32.7. The van der Waals surface area contributed by atoms with Crippen LogP contribution in [0.2, 0.25) is 0 Å². The van der Waals surface area contributed by atoms with Crippen LogP contribution in [-0.4, -0.2) is 101 Å². The number of hydrogen-bond acceptors (Lipinski definition) is 9. The molecule has 14 atom stereocenters. The van der Waals surface area contributed by atoms with Gasteiger partial charge in [-0.2, -0.15) is 0 Å². The molecule has 3 N–H and O–H groups in total. The van der Waals surface area contributed by atoms with Gasteiger partial charge in [0.15, 0.2) is 12.4 Å². The molecule has 0 bridgehead atoms. The Labute approximate surface area is 299 Å². The molecule has 0 amide bonds. The first-order chi connectivity index (χ1) is 23.3.